The monoisotopic (exact) mass is 260 g/mol. The highest BCUT2D eigenvalue weighted by atomic mass is 32.2. The molecule has 0 spiro atoms. The first kappa shape index (κ1) is 14.0. The summed E-state index contributed by atoms with van der Waals surface area (Å²) in [7, 11) is -3.44. The largest absolute Gasteiger partial charge is 0.481 e. The van der Waals surface area contributed by atoms with Crippen LogP contribution in [0.3, 0.4) is 0 Å². The minimum atomic E-state index is -3.44. The molecule has 0 unspecified atom stereocenters. The van der Waals surface area contributed by atoms with Gasteiger partial charge in [0.15, 0.2) is 0 Å². The fraction of sp³-hybridized carbons (Fsp3) is 0.700. The van der Waals surface area contributed by atoms with Crippen molar-refractivity contribution in [3.05, 3.63) is 0 Å². The molecule has 0 saturated carbocycles. The zero-order valence-corrected chi connectivity index (χ0v) is 10.3. The van der Waals surface area contributed by atoms with Crippen molar-refractivity contribution in [2.24, 2.45) is 0 Å². The maximum absolute atomic E-state index is 11.8. The van der Waals surface area contributed by atoms with Crippen LogP contribution in [-0.2, 0) is 14.8 Å². The van der Waals surface area contributed by atoms with Crippen LogP contribution in [0.1, 0.15) is 6.42 Å². The molecule has 0 aromatic heterocycles. The van der Waals surface area contributed by atoms with Gasteiger partial charge in [0.2, 0.25) is 10.0 Å². The molecule has 0 amide bonds. The molecular formula is C10H16N2O4S. The molecule has 1 heterocycles. The Kier molecular flexibility index (Phi) is 4.93. The van der Waals surface area contributed by atoms with Crippen LogP contribution in [-0.4, -0.2) is 67.2 Å². The summed E-state index contributed by atoms with van der Waals surface area (Å²) in [5.41, 5.74) is 0. The Labute approximate surface area is 101 Å². The molecule has 0 aromatic carbocycles. The highest BCUT2D eigenvalue weighted by Crippen LogP contribution is 2.08. The van der Waals surface area contributed by atoms with E-state index in [1.54, 1.807) is 0 Å². The highest BCUT2D eigenvalue weighted by molar-refractivity contribution is 7.89. The van der Waals surface area contributed by atoms with Gasteiger partial charge >= 0.3 is 5.97 Å². The normalized spacial score (nSPS) is 18.8. The van der Waals surface area contributed by atoms with Gasteiger partial charge in [0.1, 0.15) is 0 Å². The van der Waals surface area contributed by atoms with Gasteiger partial charge in [0, 0.05) is 26.2 Å². The third kappa shape index (κ3) is 4.34. The van der Waals surface area contributed by atoms with Gasteiger partial charge in [0.25, 0.3) is 0 Å². The van der Waals surface area contributed by atoms with E-state index in [4.69, 9.17) is 11.5 Å². The second-order valence-corrected chi connectivity index (χ2v) is 5.93. The summed E-state index contributed by atoms with van der Waals surface area (Å²) < 4.78 is 24.9. The van der Waals surface area contributed by atoms with Crippen LogP contribution in [0, 0.1) is 12.3 Å². The van der Waals surface area contributed by atoms with Crippen molar-refractivity contribution in [1.82, 2.24) is 9.21 Å². The average molecular weight is 260 g/mol. The second kappa shape index (κ2) is 6.00. The fourth-order valence-corrected chi connectivity index (χ4v) is 3.05. The lowest BCUT2D eigenvalue weighted by Crippen LogP contribution is -2.49. The van der Waals surface area contributed by atoms with Gasteiger partial charge in [-0.1, -0.05) is 5.92 Å². The summed E-state index contributed by atoms with van der Waals surface area (Å²) in [6.45, 7) is 2.46. The van der Waals surface area contributed by atoms with Crippen LogP contribution in [0.15, 0.2) is 0 Å². The van der Waals surface area contributed by atoms with E-state index in [1.165, 1.54) is 4.31 Å². The van der Waals surface area contributed by atoms with Gasteiger partial charge in [0.05, 0.1) is 18.7 Å². The van der Waals surface area contributed by atoms with E-state index < -0.39 is 16.0 Å². The molecular weight excluding hydrogens is 244 g/mol. The zero-order chi connectivity index (χ0) is 12.9. The number of aliphatic carboxylic acids is 1. The lowest BCUT2D eigenvalue weighted by Gasteiger charge is -2.32. The Morgan fingerprint density at radius 1 is 1.29 bits per heavy atom. The molecule has 0 radical (unpaired) electrons. The Morgan fingerprint density at radius 3 is 2.35 bits per heavy atom. The summed E-state index contributed by atoms with van der Waals surface area (Å²) in [5, 5.41) is 8.47. The molecule has 1 rings (SSSR count). The molecule has 6 nitrogen and oxygen atoms in total. The van der Waals surface area contributed by atoms with E-state index in [2.05, 4.69) is 5.92 Å². The third-order valence-corrected chi connectivity index (χ3v) is 4.49. The maximum atomic E-state index is 11.8. The van der Waals surface area contributed by atoms with Gasteiger partial charge in [-0.15, -0.1) is 6.42 Å². The smallest absolute Gasteiger partial charge is 0.304 e. The predicted molar refractivity (Wildman–Crippen MR) is 62.9 cm³/mol. The Morgan fingerprint density at radius 2 is 1.88 bits per heavy atom. The molecule has 0 atom stereocenters. The molecule has 1 fully saturated rings. The summed E-state index contributed by atoms with van der Waals surface area (Å²) in [5.74, 6) is 1.08. The number of sulfonamides is 1. The van der Waals surface area contributed by atoms with Crippen molar-refractivity contribution in [2.45, 2.75) is 6.42 Å². The molecule has 96 valence electrons. The number of rotatable bonds is 5. The number of nitrogens with zero attached hydrogens (tertiary/aromatic N) is 2. The van der Waals surface area contributed by atoms with Gasteiger partial charge in [-0.05, 0) is 0 Å². The lowest BCUT2D eigenvalue weighted by atomic mass is 10.4. The first-order chi connectivity index (χ1) is 7.95. The van der Waals surface area contributed by atoms with E-state index in [-0.39, 0.29) is 12.2 Å². The second-order valence-electron chi connectivity index (χ2n) is 3.84. The molecule has 0 aliphatic carbocycles. The van der Waals surface area contributed by atoms with Crippen molar-refractivity contribution in [1.29, 1.82) is 0 Å². The molecule has 1 aliphatic heterocycles. The first-order valence-corrected chi connectivity index (χ1v) is 6.92. The van der Waals surface area contributed by atoms with Crippen LogP contribution in [0.5, 0.6) is 0 Å². The molecule has 1 saturated heterocycles. The van der Waals surface area contributed by atoms with Crippen LogP contribution in [0.25, 0.3) is 0 Å². The Hall–Kier alpha value is -1.10. The first-order valence-electron chi connectivity index (χ1n) is 5.31. The van der Waals surface area contributed by atoms with E-state index in [0.29, 0.717) is 32.7 Å². The topological polar surface area (TPSA) is 77.9 Å². The van der Waals surface area contributed by atoms with Gasteiger partial charge < -0.3 is 5.11 Å². The quantitative estimate of drug-likeness (QED) is 0.644. The molecule has 1 aliphatic rings. The predicted octanol–water partition coefficient (Wildman–Crippen LogP) is -0.958. The standard InChI is InChI=1S/C10H16N2O4S/c1-2-4-11-5-7-12(8-6-11)17(15,16)9-3-10(13)14/h1H,3-9H2,(H,13,14). The number of piperazine rings is 1. The van der Waals surface area contributed by atoms with Crippen LogP contribution < -0.4 is 0 Å². The van der Waals surface area contributed by atoms with Crippen molar-refractivity contribution < 1.29 is 18.3 Å². The summed E-state index contributed by atoms with van der Waals surface area (Å²) >= 11 is 0. The van der Waals surface area contributed by atoms with Crippen LogP contribution in [0.2, 0.25) is 0 Å². The Balaban J connectivity index is 2.47. The Bertz CT molecular complexity index is 405. The van der Waals surface area contributed by atoms with E-state index in [1.807, 2.05) is 4.90 Å². The van der Waals surface area contributed by atoms with Gasteiger partial charge in [-0.2, -0.15) is 4.31 Å². The number of hydrogen-bond donors (Lipinski definition) is 1. The number of carbonyl (C=O) groups is 1. The molecule has 7 heteroatoms. The van der Waals surface area contributed by atoms with Gasteiger partial charge in [-0.25, -0.2) is 8.42 Å². The summed E-state index contributed by atoms with van der Waals surface area (Å²) in [6, 6.07) is 0. The van der Waals surface area contributed by atoms with Crippen LogP contribution >= 0.6 is 0 Å². The van der Waals surface area contributed by atoms with Crippen molar-refractivity contribution in [3.8, 4) is 12.3 Å². The van der Waals surface area contributed by atoms with Crippen molar-refractivity contribution in [3.63, 3.8) is 0 Å². The fourth-order valence-electron chi connectivity index (χ4n) is 1.64. The number of hydrogen-bond acceptors (Lipinski definition) is 4. The molecule has 1 N–H and O–H groups in total. The minimum Gasteiger partial charge on any atom is -0.481 e. The maximum Gasteiger partial charge on any atom is 0.304 e. The zero-order valence-electron chi connectivity index (χ0n) is 9.50. The highest BCUT2D eigenvalue weighted by Gasteiger charge is 2.26. The van der Waals surface area contributed by atoms with Crippen molar-refractivity contribution >= 4 is 16.0 Å². The van der Waals surface area contributed by atoms with Crippen molar-refractivity contribution in [2.75, 3.05) is 38.5 Å². The van der Waals surface area contributed by atoms with E-state index in [0.717, 1.165) is 0 Å². The van der Waals surface area contributed by atoms with Gasteiger partial charge in [-0.3, -0.25) is 9.69 Å². The number of carboxylic acid groups (broad SMARTS) is 1. The number of terminal acetylenes is 1. The summed E-state index contributed by atoms with van der Waals surface area (Å²) in [4.78, 5) is 12.3. The van der Waals surface area contributed by atoms with Crippen LogP contribution in [0.4, 0.5) is 0 Å². The molecule has 0 bridgehead atoms. The van der Waals surface area contributed by atoms with E-state index in [9.17, 15) is 13.2 Å². The minimum absolute atomic E-state index is 0.336. The molecule has 17 heavy (non-hydrogen) atoms. The average Bonchev–Trinajstić information content (AvgIpc) is 2.28. The van der Waals surface area contributed by atoms with E-state index >= 15 is 0 Å². The molecule has 0 aromatic rings. The lowest BCUT2D eigenvalue weighted by molar-refractivity contribution is -0.136. The SMILES string of the molecule is C#CCN1CCN(S(=O)(=O)CCC(=O)O)CC1. The summed E-state index contributed by atoms with van der Waals surface area (Å²) in [6.07, 6.45) is 4.82. The third-order valence-electron chi connectivity index (χ3n) is 2.61. The number of carboxylic acids is 1.